The molecule has 25 heavy (non-hydrogen) atoms. The maximum atomic E-state index is 12.4. The summed E-state index contributed by atoms with van der Waals surface area (Å²) in [5.74, 6) is 0.844. The van der Waals surface area contributed by atoms with Gasteiger partial charge in [-0.05, 0) is 36.5 Å². The number of hydrogen-bond acceptors (Lipinski definition) is 8. The molecule has 0 aliphatic heterocycles. The van der Waals surface area contributed by atoms with Crippen LogP contribution in [0.5, 0.6) is 17.2 Å². The van der Waals surface area contributed by atoms with Gasteiger partial charge in [0.25, 0.3) is 11.9 Å². The number of ether oxygens (including phenoxy) is 3. The van der Waals surface area contributed by atoms with Gasteiger partial charge in [-0.1, -0.05) is 5.10 Å². The van der Waals surface area contributed by atoms with Crippen LogP contribution in [0.3, 0.4) is 0 Å². The molecule has 0 unspecified atom stereocenters. The van der Waals surface area contributed by atoms with Gasteiger partial charge in [-0.3, -0.25) is 15.4 Å². The third-order valence-corrected chi connectivity index (χ3v) is 3.32. The quantitative estimate of drug-likeness (QED) is 0.718. The molecule has 0 aliphatic rings. The molecular formula is C14H18N6O4S. The van der Waals surface area contributed by atoms with E-state index in [2.05, 4.69) is 26.0 Å². The summed E-state index contributed by atoms with van der Waals surface area (Å²) in [5.41, 5.74) is 0.281. The summed E-state index contributed by atoms with van der Waals surface area (Å²) in [5, 5.41) is 16.8. The molecule has 0 fully saturated rings. The lowest BCUT2D eigenvalue weighted by Gasteiger charge is -2.14. The van der Waals surface area contributed by atoms with Crippen LogP contribution in [0, 0.1) is 0 Å². The third kappa shape index (κ3) is 4.32. The summed E-state index contributed by atoms with van der Waals surface area (Å²) in [6.45, 7) is 2.44. The Bertz CT molecular complexity index is 753. The highest BCUT2D eigenvalue weighted by Crippen LogP contribution is 2.38. The summed E-state index contributed by atoms with van der Waals surface area (Å²) in [7, 11) is 4.41. The van der Waals surface area contributed by atoms with Crippen LogP contribution in [-0.2, 0) is 6.54 Å². The topological polar surface area (TPSA) is 112 Å². The molecule has 1 aromatic heterocycles. The minimum absolute atomic E-state index is 0.0365. The SMILES string of the molecule is CCn1nnc(NC(=S)NC(=O)c2cc(OC)c(OC)c(OC)c2)n1. The molecule has 11 heteroatoms. The zero-order valence-corrected chi connectivity index (χ0v) is 15.0. The molecule has 0 atom stereocenters. The van der Waals surface area contributed by atoms with Crippen LogP contribution < -0.4 is 24.8 Å². The van der Waals surface area contributed by atoms with Crippen molar-refractivity contribution < 1.29 is 19.0 Å². The highest BCUT2D eigenvalue weighted by atomic mass is 32.1. The Morgan fingerprint density at radius 2 is 1.84 bits per heavy atom. The molecule has 0 saturated heterocycles. The van der Waals surface area contributed by atoms with Gasteiger partial charge in [0.15, 0.2) is 16.6 Å². The molecule has 1 aromatic carbocycles. The van der Waals surface area contributed by atoms with Crippen LogP contribution >= 0.6 is 12.2 Å². The summed E-state index contributed by atoms with van der Waals surface area (Å²) >= 11 is 5.08. The van der Waals surface area contributed by atoms with Gasteiger partial charge >= 0.3 is 0 Å². The highest BCUT2D eigenvalue weighted by molar-refractivity contribution is 7.80. The predicted octanol–water partition coefficient (Wildman–Crippen LogP) is 0.846. The molecule has 134 valence electrons. The fourth-order valence-corrected chi connectivity index (χ4v) is 2.13. The largest absolute Gasteiger partial charge is 0.493 e. The summed E-state index contributed by atoms with van der Waals surface area (Å²) in [6, 6.07) is 3.04. The Labute approximate surface area is 149 Å². The van der Waals surface area contributed by atoms with Gasteiger partial charge in [0.05, 0.1) is 27.9 Å². The number of aromatic nitrogens is 4. The monoisotopic (exact) mass is 366 g/mol. The molecular weight excluding hydrogens is 348 g/mol. The number of carbonyl (C=O) groups is 1. The Hall–Kier alpha value is -2.95. The molecule has 10 nitrogen and oxygen atoms in total. The Balaban J connectivity index is 2.12. The van der Waals surface area contributed by atoms with Crippen molar-refractivity contribution >= 4 is 29.2 Å². The molecule has 2 rings (SSSR count). The molecule has 2 N–H and O–H groups in total. The standard InChI is InChI=1S/C14H18N6O4S/c1-5-20-18-13(17-19-20)16-14(25)15-12(21)8-6-9(22-2)11(24-4)10(7-8)23-3/h6-7H,5H2,1-4H3,(H2,15,16,18,21,25). The number of hydrogen-bond donors (Lipinski definition) is 2. The van der Waals surface area contributed by atoms with Crippen molar-refractivity contribution in [3.8, 4) is 17.2 Å². The van der Waals surface area contributed by atoms with Gasteiger partial charge in [-0.25, -0.2) is 0 Å². The van der Waals surface area contributed by atoms with E-state index in [-0.39, 0.29) is 16.6 Å². The van der Waals surface area contributed by atoms with Crippen LogP contribution in [0.25, 0.3) is 0 Å². The van der Waals surface area contributed by atoms with Gasteiger partial charge in [0, 0.05) is 5.56 Å². The van der Waals surface area contributed by atoms with Crippen molar-refractivity contribution in [1.82, 2.24) is 25.5 Å². The Morgan fingerprint density at radius 1 is 1.20 bits per heavy atom. The first-order valence-electron chi connectivity index (χ1n) is 7.22. The number of nitrogens with zero attached hydrogens (tertiary/aromatic N) is 4. The van der Waals surface area contributed by atoms with Crippen LogP contribution in [-0.4, -0.2) is 52.6 Å². The average molecular weight is 366 g/mol. The number of tetrazole rings is 1. The first kappa shape index (κ1) is 18.4. The van der Waals surface area contributed by atoms with Crippen molar-refractivity contribution in [3.63, 3.8) is 0 Å². The van der Waals surface area contributed by atoms with E-state index in [1.165, 1.54) is 38.3 Å². The number of carbonyl (C=O) groups excluding carboxylic acids is 1. The number of anilines is 1. The molecule has 1 amide bonds. The van der Waals surface area contributed by atoms with Crippen molar-refractivity contribution in [1.29, 1.82) is 0 Å². The van der Waals surface area contributed by atoms with E-state index in [4.69, 9.17) is 26.4 Å². The van der Waals surface area contributed by atoms with Gasteiger partial charge < -0.3 is 14.2 Å². The van der Waals surface area contributed by atoms with E-state index in [0.29, 0.717) is 23.8 Å². The minimum atomic E-state index is -0.459. The van der Waals surface area contributed by atoms with Crippen molar-refractivity contribution in [3.05, 3.63) is 17.7 Å². The van der Waals surface area contributed by atoms with Crippen LogP contribution in [0.2, 0.25) is 0 Å². The molecule has 0 saturated carbocycles. The second-order valence-corrected chi connectivity index (χ2v) is 5.03. The van der Waals surface area contributed by atoms with Crippen LogP contribution in [0.15, 0.2) is 12.1 Å². The van der Waals surface area contributed by atoms with E-state index in [9.17, 15) is 4.79 Å². The number of aryl methyl sites for hydroxylation is 1. The smallest absolute Gasteiger partial charge is 0.269 e. The van der Waals surface area contributed by atoms with Gasteiger partial charge in [-0.2, -0.15) is 4.80 Å². The average Bonchev–Trinajstić information content (AvgIpc) is 3.07. The Kier molecular flexibility index (Phi) is 6.06. The van der Waals surface area contributed by atoms with Crippen molar-refractivity contribution in [2.24, 2.45) is 0 Å². The molecule has 0 spiro atoms. The summed E-state index contributed by atoms with van der Waals surface area (Å²) in [6.07, 6.45) is 0. The van der Waals surface area contributed by atoms with Crippen LogP contribution in [0.1, 0.15) is 17.3 Å². The van der Waals surface area contributed by atoms with E-state index in [1.807, 2.05) is 6.92 Å². The number of nitrogens with one attached hydrogen (secondary N) is 2. The normalized spacial score (nSPS) is 10.1. The fourth-order valence-electron chi connectivity index (χ4n) is 1.95. The van der Waals surface area contributed by atoms with Gasteiger partial charge in [0.2, 0.25) is 5.75 Å². The molecule has 1 heterocycles. The maximum Gasteiger partial charge on any atom is 0.269 e. The first-order chi connectivity index (χ1) is 12.0. The van der Waals surface area contributed by atoms with E-state index in [1.54, 1.807) is 0 Å². The molecule has 0 bridgehead atoms. The van der Waals surface area contributed by atoms with E-state index in [0.717, 1.165) is 0 Å². The third-order valence-electron chi connectivity index (χ3n) is 3.11. The lowest BCUT2D eigenvalue weighted by molar-refractivity contribution is 0.0977. The zero-order chi connectivity index (χ0) is 18.4. The van der Waals surface area contributed by atoms with Crippen molar-refractivity contribution in [2.75, 3.05) is 26.6 Å². The van der Waals surface area contributed by atoms with Gasteiger partial charge in [0.1, 0.15) is 0 Å². The van der Waals surface area contributed by atoms with Crippen LogP contribution in [0.4, 0.5) is 5.95 Å². The number of methoxy groups -OCH3 is 3. The molecule has 2 aromatic rings. The number of benzene rings is 1. The fraction of sp³-hybridized carbons (Fsp3) is 0.357. The minimum Gasteiger partial charge on any atom is -0.493 e. The number of amides is 1. The molecule has 0 radical (unpaired) electrons. The first-order valence-corrected chi connectivity index (χ1v) is 7.63. The highest BCUT2D eigenvalue weighted by Gasteiger charge is 2.18. The van der Waals surface area contributed by atoms with E-state index >= 15 is 0 Å². The predicted molar refractivity (Wildman–Crippen MR) is 93.3 cm³/mol. The van der Waals surface area contributed by atoms with Crippen molar-refractivity contribution in [2.45, 2.75) is 13.5 Å². The molecule has 0 aliphatic carbocycles. The lowest BCUT2D eigenvalue weighted by atomic mass is 10.1. The number of thiocarbonyl (C=S) groups is 1. The number of rotatable bonds is 6. The summed E-state index contributed by atoms with van der Waals surface area (Å²) in [4.78, 5) is 13.8. The Morgan fingerprint density at radius 3 is 2.32 bits per heavy atom. The lowest BCUT2D eigenvalue weighted by Crippen LogP contribution is -2.34. The second kappa shape index (κ2) is 8.24. The van der Waals surface area contributed by atoms with Gasteiger partial charge in [-0.15, -0.1) is 5.10 Å². The zero-order valence-electron chi connectivity index (χ0n) is 14.2. The van der Waals surface area contributed by atoms with E-state index < -0.39 is 5.91 Å². The second-order valence-electron chi connectivity index (χ2n) is 4.62. The summed E-state index contributed by atoms with van der Waals surface area (Å²) < 4.78 is 15.7. The maximum absolute atomic E-state index is 12.4.